The quantitative estimate of drug-likeness (QED) is 0.219. The second-order valence-corrected chi connectivity index (χ2v) is 8.97. The molecule has 3 aromatic rings. The van der Waals surface area contributed by atoms with E-state index in [0.717, 1.165) is 4.90 Å². The maximum absolute atomic E-state index is 14.0. The van der Waals surface area contributed by atoms with Gasteiger partial charge in [-0.2, -0.15) is 0 Å². The molecule has 2 amide bonds. The molecule has 12 nitrogen and oxygen atoms in total. The molecule has 0 spiro atoms. The minimum atomic E-state index is -1.20. The number of nitrogens with zero attached hydrogens (tertiary/aromatic N) is 3. The molecule has 2 saturated heterocycles. The summed E-state index contributed by atoms with van der Waals surface area (Å²) in [6, 6.07) is 14.9. The number of hydrogen-bond donors (Lipinski definition) is 0. The Bertz CT molecular complexity index is 1480. The highest BCUT2D eigenvalue weighted by Crippen LogP contribution is 2.53. The molecule has 0 aromatic heterocycles. The number of benzene rings is 3. The SMILES string of the molecule is CCOc1cccc(N2C(=O)[C@@H]3[C@H](ON(c4cccc([N+](=O)[O-])c4)[C@@H]3c3ccc(OC)c(OC)c3OC)C2=O)c1. The molecule has 0 aliphatic carbocycles. The number of anilines is 2. The van der Waals surface area contributed by atoms with Gasteiger partial charge >= 0.3 is 0 Å². The van der Waals surface area contributed by atoms with Gasteiger partial charge < -0.3 is 18.9 Å². The molecule has 2 fully saturated rings. The second kappa shape index (κ2) is 10.7. The van der Waals surface area contributed by atoms with Crippen molar-refractivity contribution >= 4 is 28.9 Å². The Hall–Kier alpha value is -4.84. The van der Waals surface area contributed by atoms with E-state index in [1.54, 1.807) is 42.5 Å². The van der Waals surface area contributed by atoms with Crippen LogP contribution in [0.4, 0.5) is 17.1 Å². The van der Waals surface area contributed by atoms with E-state index in [2.05, 4.69) is 0 Å². The molecule has 0 unspecified atom stereocenters. The van der Waals surface area contributed by atoms with Gasteiger partial charge in [0.1, 0.15) is 17.7 Å². The number of amides is 2. The number of ether oxygens (including phenoxy) is 4. The van der Waals surface area contributed by atoms with Crippen molar-refractivity contribution in [2.45, 2.75) is 19.1 Å². The lowest BCUT2D eigenvalue weighted by Gasteiger charge is -2.30. The van der Waals surface area contributed by atoms with E-state index < -0.39 is 34.8 Å². The van der Waals surface area contributed by atoms with Crippen molar-refractivity contribution in [2.24, 2.45) is 5.92 Å². The summed E-state index contributed by atoms with van der Waals surface area (Å²) in [7, 11) is 4.38. The minimum Gasteiger partial charge on any atom is -0.494 e. The molecule has 3 atom stereocenters. The number of nitro benzene ring substituents is 1. The van der Waals surface area contributed by atoms with E-state index in [4.69, 9.17) is 23.8 Å². The van der Waals surface area contributed by atoms with E-state index in [-0.39, 0.29) is 22.9 Å². The molecule has 0 saturated carbocycles. The summed E-state index contributed by atoms with van der Waals surface area (Å²) >= 11 is 0. The molecule has 208 valence electrons. The number of non-ortho nitro benzene ring substituents is 1. The standard InChI is InChI=1S/C28H27N3O9/c1-5-39-19-11-7-8-16(15-19)29-27(32)22-23(20-12-13-21(36-2)25(38-4)24(20)37-3)30(40-26(22)28(29)33)17-9-6-10-18(14-17)31(34)35/h6-15,22-23,26H,5H2,1-4H3/t22-,23+,26-/m0/s1. The Kier molecular flexibility index (Phi) is 7.18. The van der Waals surface area contributed by atoms with Gasteiger partial charge in [-0.1, -0.05) is 12.1 Å². The number of methoxy groups -OCH3 is 3. The Morgan fingerprint density at radius 1 is 0.900 bits per heavy atom. The predicted molar refractivity (Wildman–Crippen MR) is 143 cm³/mol. The number of carbonyl (C=O) groups excluding carboxylic acids is 2. The monoisotopic (exact) mass is 549 g/mol. The molecule has 12 heteroatoms. The lowest BCUT2D eigenvalue weighted by atomic mass is 9.89. The fourth-order valence-corrected chi connectivity index (χ4v) is 5.19. The summed E-state index contributed by atoms with van der Waals surface area (Å²) in [5.41, 5.74) is 0.920. The summed E-state index contributed by atoms with van der Waals surface area (Å²) in [5, 5.41) is 12.9. The molecule has 2 aliphatic heterocycles. The van der Waals surface area contributed by atoms with Crippen molar-refractivity contribution in [3.8, 4) is 23.0 Å². The summed E-state index contributed by atoms with van der Waals surface area (Å²) in [5.74, 6) is -0.640. The molecular formula is C28H27N3O9. The van der Waals surface area contributed by atoms with Gasteiger partial charge in [0, 0.05) is 23.8 Å². The normalized spacial score (nSPS) is 19.9. The van der Waals surface area contributed by atoms with E-state index in [1.807, 2.05) is 6.92 Å². The fourth-order valence-electron chi connectivity index (χ4n) is 5.19. The topological polar surface area (TPSA) is 130 Å². The van der Waals surface area contributed by atoms with Crippen LogP contribution in [-0.2, 0) is 14.4 Å². The maximum atomic E-state index is 14.0. The average Bonchev–Trinajstić information content (AvgIpc) is 3.47. The number of fused-ring (bicyclic) bond motifs is 1. The second-order valence-electron chi connectivity index (χ2n) is 8.97. The molecule has 0 radical (unpaired) electrons. The number of hydroxylamine groups is 1. The van der Waals surface area contributed by atoms with Crippen LogP contribution in [0.2, 0.25) is 0 Å². The summed E-state index contributed by atoms with van der Waals surface area (Å²) in [6.45, 7) is 2.25. The first-order valence-corrected chi connectivity index (χ1v) is 12.4. The van der Waals surface area contributed by atoms with Crippen molar-refractivity contribution < 1.29 is 38.3 Å². The van der Waals surface area contributed by atoms with E-state index in [9.17, 15) is 19.7 Å². The lowest BCUT2D eigenvalue weighted by molar-refractivity contribution is -0.384. The average molecular weight is 550 g/mol. The Morgan fingerprint density at radius 3 is 2.30 bits per heavy atom. The van der Waals surface area contributed by atoms with E-state index in [1.165, 1.54) is 44.6 Å². The van der Waals surface area contributed by atoms with Gasteiger partial charge in [0.25, 0.3) is 11.6 Å². The highest BCUT2D eigenvalue weighted by atomic mass is 16.7. The molecule has 0 bridgehead atoms. The minimum absolute atomic E-state index is 0.178. The van der Waals surface area contributed by atoms with Crippen LogP contribution in [0.5, 0.6) is 23.0 Å². The van der Waals surface area contributed by atoms with Crippen molar-refractivity contribution in [1.82, 2.24) is 0 Å². The maximum Gasteiger partial charge on any atom is 0.271 e. The van der Waals surface area contributed by atoms with Crippen LogP contribution in [0.1, 0.15) is 18.5 Å². The molecule has 2 heterocycles. The summed E-state index contributed by atoms with van der Waals surface area (Å²) < 4.78 is 22.2. The fraction of sp³-hybridized carbons (Fsp3) is 0.286. The van der Waals surface area contributed by atoms with Crippen LogP contribution < -0.4 is 28.9 Å². The van der Waals surface area contributed by atoms with Gasteiger partial charge in [0.05, 0.1) is 44.2 Å². The van der Waals surface area contributed by atoms with Gasteiger partial charge in [-0.25, -0.2) is 9.96 Å². The van der Waals surface area contributed by atoms with E-state index >= 15 is 0 Å². The Morgan fingerprint density at radius 2 is 1.62 bits per heavy atom. The van der Waals surface area contributed by atoms with Gasteiger partial charge in [0.2, 0.25) is 11.7 Å². The molecule has 5 rings (SSSR count). The zero-order valence-corrected chi connectivity index (χ0v) is 22.2. The number of nitro groups is 1. The highest BCUT2D eigenvalue weighted by molar-refractivity contribution is 6.24. The third kappa shape index (κ3) is 4.31. The van der Waals surface area contributed by atoms with E-state index in [0.29, 0.717) is 29.4 Å². The highest BCUT2D eigenvalue weighted by Gasteiger charge is 2.61. The van der Waals surface area contributed by atoms with Gasteiger partial charge in [-0.05, 0) is 37.3 Å². The molecule has 3 aromatic carbocycles. The van der Waals surface area contributed by atoms with Crippen molar-refractivity contribution in [2.75, 3.05) is 37.9 Å². The predicted octanol–water partition coefficient (Wildman–Crippen LogP) is 4.07. The first kappa shape index (κ1) is 26.8. The zero-order chi connectivity index (χ0) is 28.6. The van der Waals surface area contributed by atoms with Crippen LogP contribution in [0.3, 0.4) is 0 Å². The van der Waals surface area contributed by atoms with Gasteiger partial charge in [0.15, 0.2) is 17.6 Å². The molecule has 40 heavy (non-hydrogen) atoms. The van der Waals surface area contributed by atoms with Crippen LogP contribution in [0.15, 0.2) is 60.7 Å². The first-order chi connectivity index (χ1) is 19.3. The lowest BCUT2D eigenvalue weighted by Crippen LogP contribution is -2.37. The largest absolute Gasteiger partial charge is 0.494 e. The smallest absolute Gasteiger partial charge is 0.271 e. The van der Waals surface area contributed by atoms with Crippen LogP contribution in [0, 0.1) is 16.0 Å². The third-order valence-electron chi connectivity index (χ3n) is 6.85. The summed E-state index contributed by atoms with van der Waals surface area (Å²) in [6.07, 6.45) is -1.20. The zero-order valence-electron chi connectivity index (χ0n) is 22.2. The van der Waals surface area contributed by atoms with Crippen molar-refractivity contribution in [1.29, 1.82) is 0 Å². The van der Waals surface area contributed by atoms with Crippen molar-refractivity contribution in [3.05, 3.63) is 76.3 Å². The Labute approximate surface area is 229 Å². The molecule has 0 N–H and O–H groups in total. The van der Waals surface area contributed by atoms with Crippen LogP contribution in [0.25, 0.3) is 0 Å². The number of carbonyl (C=O) groups is 2. The van der Waals surface area contributed by atoms with Gasteiger partial charge in [-0.3, -0.25) is 24.5 Å². The van der Waals surface area contributed by atoms with Crippen molar-refractivity contribution in [3.63, 3.8) is 0 Å². The molecule has 2 aliphatic rings. The summed E-state index contributed by atoms with van der Waals surface area (Å²) in [4.78, 5) is 46.0. The van der Waals surface area contributed by atoms with Crippen LogP contribution in [-0.4, -0.2) is 50.8 Å². The molecular weight excluding hydrogens is 522 g/mol. The third-order valence-corrected chi connectivity index (χ3v) is 6.85. The van der Waals surface area contributed by atoms with Crippen LogP contribution >= 0.6 is 0 Å². The first-order valence-electron chi connectivity index (χ1n) is 12.4. The number of rotatable bonds is 9. The Balaban J connectivity index is 1.66. The number of imide groups is 1. The van der Waals surface area contributed by atoms with Gasteiger partial charge in [-0.15, -0.1) is 0 Å². The number of hydrogen-bond acceptors (Lipinski definition) is 10.